The van der Waals surface area contributed by atoms with Crippen molar-refractivity contribution in [3.8, 4) is 11.5 Å². The zero-order chi connectivity index (χ0) is 30.9. The molecule has 0 radical (unpaired) electrons. The average Bonchev–Trinajstić information content (AvgIpc) is 2.90. The molecule has 228 valence electrons. The Hall–Kier alpha value is -3.30. The molecule has 0 spiro atoms. The number of rotatable bonds is 18. The zero-order valence-electron chi connectivity index (χ0n) is 22.6. The normalized spacial score (nSPS) is 11.5. The minimum Gasteiger partial charge on any atom is -0.504 e. The molecule has 14 nitrogen and oxygen atoms in total. The molecule has 0 amide bonds. The average molecular weight is 577 g/mol. The molecule has 0 aliphatic carbocycles. The number of aliphatic hydroxyl groups is 4. The number of carbonyl (C=O) groups is 4. The van der Waals surface area contributed by atoms with Crippen LogP contribution >= 0.6 is 0 Å². The first-order chi connectivity index (χ1) is 18.6. The summed E-state index contributed by atoms with van der Waals surface area (Å²) in [5.41, 5.74) is -1.67. The molecule has 0 saturated carbocycles. The molecule has 1 aromatic rings. The van der Waals surface area contributed by atoms with Crippen LogP contribution in [-0.2, 0) is 35.1 Å². The quantitative estimate of drug-likeness (QED) is 0.0642. The Bertz CT molecular complexity index is 937. The molecule has 40 heavy (non-hydrogen) atoms. The fourth-order valence-electron chi connectivity index (χ4n) is 2.82. The van der Waals surface area contributed by atoms with E-state index < -0.39 is 60.9 Å². The summed E-state index contributed by atoms with van der Waals surface area (Å²) < 4.78 is 10.1. The first-order valence-corrected chi connectivity index (χ1v) is 12.3. The van der Waals surface area contributed by atoms with Gasteiger partial charge in [0, 0.05) is 18.3 Å². The van der Waals surface area contributed by atoms with Gasteiger partial charge in [0.1, 0.15) is 11.2 Å². The van der Waals surface area contributed by atoms with Gasteiger partial charge in [-0.15, -0.1) is 0 Å². The lowest BCUT2D eigenvalue weighted by atomic mass is 9.93. The molecule has 0 bridgehead atoms. The van der Waals surface area contributed by atoms with Gasteiger partial charge < -0.3 is 50.3 Å². The van der Waals surface area contributed by atoms with Crippen molar-refractivity contribution in [3.63, 3.8) is 0 Å². The third kappa shape index (κ3) is 14.2. The summed E-state index contributed by atoms with van der Waals surface area (Å²) in [6.07, 6.45) is -1.22. The predicted molar refractivity (Wildman–Crippen MR) is 137 cm³/mol. The number of aliphatic hydroxyl groups excluding tert-OH is 4. The summed E-state index contributed by atoms with van der Waals surface area (Å²) >= 11 is 0. The summed E-state index contributed by atoms with van der Waals surface area (Å²) in [6.45, 7) is 1.12. The smallest absolute Gasteiger partial charge is 0.316 e. The summed E-state index contributed by atoms with van der Waals surface area (Å²) in [5.74, 6) is -3.66. The molecule has 0 unspecified atom stereocenters. The number of benzene rings is 1. The van der Waals surface area contributed by atoms with Crippen LogP contribution in [0.25, 0.3) is 0 Å². The number of aliphatic carboxylic acids is 2. The summed E-state index contributed by atoms with van der Waals surface area (Å²) in [5, 5.41) is 71.8. The molecule has 0 aliphatic rings. The third-order valence-electron chi connectivity index (χ3n) is 5.70. The van der Waals surface area contributed by atoms with Crippen LogP contribution in [0.1, 0.15) is 45.1 Å². The highest BCUT2D eigenvalue weighted by Crippen LogP contribution is 2.25. The number of esters is 1. The number of ether oxygens (including phenoxy) is 2. The van der Waals surface area contributed by atoms with E-state index in [4.69, 9.17) is 40.1 Å². The number of ketones is 1. The van der Waals surface area contributed by atoms with Crippen molar-refractivity contribution in [2.24, 2.45) is 10.8 Å². The van der Waals surface area contributed by atoms with Crippen LogP contribution < -0.4 is 0 Å². The number of carbonyl (C=O) groups excluding carboxylic acids is 2. The lowest BCUT2D eigenvalue weighted by Crippen LogP contribution is -2.37. The molecule has 1 rings (SSSR count). The molecular formula is C26H40O14. The minimum atomic E-state index is -1.34. The van der Waals surface area contributed by atoms with E-state index in [1.165, 1.54) is 19.1 Å². The van der Waals surface area contributed by atoms with Crippen LogP contribution in [0, 0.1) is 10.8 Å². The van der Waals surface area contributed by atoms with Crippen molar-refractivity contribution >= 4 is 23.7 Å². The number of phenolic OH excluding ortho intramolecular Hbond substituents is 2. The molecule has 0 aliphatic heterocycles. The van der Waals surface area contributed by atoms with Crippen molar-refractivity contribution in [3.05, 3.63) is 23.8 Å². The Balaban J connectivity index is 0.000000799. The van der Waals surface area contributed by atoms with E-state index >= 15 is 0 Å². The highest BCUT2D eigenvalue weighted by Gasteiger charge is 2.33. The van der Waals surface area contributed by atoms with Crippen LogP contribution in [0.3, 0.4) is 0 Å². The molecule has 0 heterocycles. The van der Waals surface area contributed by atoms with Gasteiger partial charge in [0.05, 0.1) is 58.6 Å². The molecular weight excluding hydrogens is 536 g/mol. The van der Waals surface area contributed by atoms with Crippen molar-refractivity contribution in [2.75, 3.05) is 39.6 Å². The van der Waals surface area contributed by atoms with Crippen LogP contribution in [0.2, 0.25) is 0 Å². The second-order valence-electron chi connectivity index (χ2n) is 9.91. The maximum absolute atomic E-state index is 11.8. The van der Waals surface area contributed by atoms with Crippen LogP contribution in [-0.4, -0.2) is 110 Å². The van der Waals surface area contributed by atoms with E-state index in [0.29, 0.717) is 12.0 Å². The molecule has 0 saturated heterocycles. The standard InChI is InChI=1S/C16H22O7.C10H18O7/c1-16(9-17,10-18)15(22)23-6-2-3-12(19)7-11-4-5-13(20)14(21)8-11;1-10(4-11,5-12)6-17-7(2-8(13)14)3-9(15)16/h4-5,8,17-18,20-21H,2-3,6-7,9-10H2,1H3;7,11-12H,2-6H2,1H3,(H,13,14)(H,15,16). The SMILES string of the molecule is CC(CO)(CO)C(=O)OCCCC(=O)Cc1ccc(O)c(O)c1.CC(CO)(CO)COC(CC(=O)O)CC(=O)O. The first-order valence-electron chi connectivity index (χ1n) is 12.3. The van der Waals surface area contributed by atoms with E-state index in [1.807, 2.05) is 0 Å². The highest BCUT2D eigenvalue weighted by atomic mass is 16.5. The van der Waals surface area contributed by atoms with E-state index in [9.17, 15) is 29.4 Å². The molecule has 8 N–H and O–H groups in total. The summed E-state index contributed by atoms with van der Waals surface area (Å²) in [4.78, 5) is 44.4. The van der Waals surface area contributed by atoms with Gasteiger partial charge in [-0.25, -0.2) is 0 Å². The van der Waals surface area contributed by atoms with Gasteiger partial charge >= 0.3 is 17.9 Å². The number of hydrogen-bond donors (Lipinski definition) is 8. The fraction of sp³-hybridized carbons (Fsp3) is 0.615. The monoisotopic (exact) mass is 576 g/mol. The van der Waals surface area contributed by atoms with Gasteiger partial charge in [-0.3, -0.25) is 19.2 Å². The van der Waals surface area contributed by atoms with Gasteiger partial charge in [0.2, 0.25) is 0 Å². The largest absolute Gasteiger partial charge is 0.504 e. The zero-order valence-corrected chi connectivity index (χ0v) is 22.6. The van der Waals surface area contributed by atoms with E-state index in [-0.39, 0.29) is 56.6 Å². The lowest BCUT2D eigenvalue weighted by Gasteiger charge is -2.26. The molecule has 14 heteroatoms. The Kier molecular flexibility index (Phi) is 16.6. The maximum atomic E-state index is 11.8. The van der Waals surface area contributed by atoms with Crippen molar-refractivity contribution in [1.29, 1.82) is 0 Å². The van der Waals surface area contributed by atoms with Gasteiger partial charge in [-0.2, -0.15) is 0 Å². The topological polar surface area (TPSA) is 249 Å². The van der Waals surface area contributed by atoms with E-state index in [0.717, 1.165) is 0 Å². The van der Waals surface area contributed by atoms with Gasteiger partial charge in [0.25, 0.3) is 0 Å². The second kappa shape index (κ2) is 18.1. The highest BCUT2D eigenvalue weighted by molar-refractivity contribution is 5.81. The molecule has 0 aromatic heterocycles. The molecule has 0 fully saturated rings. The predicted octanol–water partition coefficient (Wildman–Crippen LogP) is -0.164. The van der Waals surface area contributed by atoms with E-state index in [2.05, 4.69) is 0 Å². The van der Waals surface area contributed by atoms with Crippen molar-refractivity contribution < 1.29 is 69.5 Å². The minimum absolute atomic E-state index is 0.0149. The third-order valence-corrected chi connectivity index (χ3v) is 5.70. The number of hydrogen-bond acceptors (Lipinski definition) is 12. The number of carboxylic acid groups (broad SMARTS) is 2. The summed E-state index contributed by atoms with van der Waals surface area (Å²) in [6, 6.07) is 4.17. The van der Waals surface area contributed by atoms with Crippen LogP contribution in [0.15, 0.2) is 18.2 Å². The van der Waals surface area contributed by atoms with Crippen LogP contribution in [0.4, 0.5) is 0 Å². The van der Waals surface area contributed by atoms with Gasteiger partial charge in [-0.05, 0) is 31.0 Å². The van der Waals surface area contributed by atoms with Crippen LogP contribution in [0.5, 0.6) is 11.5 Å². The van der Waals surface area contributed by atoms with Gasteiger partial charge in [0.15, 0.2) is 11.5 Å². The molecule has 1 aromatic carbocycles. The number of carboxylic acids is 2. The van der Waals surface area contributed by atoms with E-state index in [1.54, 1.807) is 13.0 Å². The fourth-order valence-corrected chi connectivity index (χ4v) is 2.82. The number of aromatic hydroxyl groups is 2. The lowest BCUT2D eigenvalue weighted by molar-refractivity contribution is -0.160. The van der Waals surface area contributed by atoms with Gasteiger partial charge in [-0.1, -0.05) is 13.0 Å². The number of Topliss-reactive ketones (excluding diaryl/α,β-unsaturated/α-hetero) is 1. The number of phenols is 2. The van der Waals surface area contributed by atoms with Crippen molar-refractivity contribution in [2.45, 2.75) is 52.1 Å². The Morgan fingerprint density at radius 3 is 1.85 bits per heavy atom. The summed E-state index contributed by atoms with van der Waals surface area (Å²) in [7, 11) is 0. The Morgan fingerprint density at radius 1 is 0.850 bits per heavy atom. The Morgan fingerprint density at radius 2 is 1.40 bits per heavy atom. The molecule has 0 atom stereocenters. The Labute approximate surface area is 231 Å². The second-order valence-corrected chi connectivity index (χ2v) is 9.91. The first kappa shape index (κ1) is 36.7. The van der Waals surface area contributed by atoms with Crippen molar-refractivity contribution in [1.82, 2.24) is 0 Å². The maximum Gasteiger partial charge on any atom is 0.316 e.